The van der Waals surface area contributed by atoms with E-state index in [0.717, 1.165) is 6.04 Å². The van der Waals surface area contributed by atoms with E-state index in [4.69, 9.17) is 0 Å². The van der Waals surface area contributed by atoms with Gasteiger partial charge in [-0.2, -0.15) is 5.10 Å². The average molecular weight is 234 g/mol. The van der Waals surface area contributed by atoms with Gasteiger partial charge in [0.1, 0.15) is 0 Å². The molecule has 0 N–H and O–H groups in total. The van der Waals surface area contributed by atoms with Crippen LogP contribution in [0.3, 0.4) is 0 Å². The molecule has 0 saturated carbocycles. The SMILES string of the molecule is Cc1nn(C)cc1N1CCCN2CCCC2C1. The van der Waals surface area contributed by atoms with Crippen LogP contribution in [-0.4, -0.2) is 46.9 Å². The van der Waals surface area contributed by atoms with Gasteiger partial charge < -0.3 is 4.90 Å². The predicted octanol–water partition coefficient (Wildman–Crippen LogP) is 1.40. The highest BCUT2D eigenvalue weighted by Crippen LogP contribution is 2.26. The first-order valence-electron chi connectivity index (χ1n) is 6.73. The molecule has 0 bridgehead atoms. The number of aromatic nitrogens is 2. The van der Waals surface area contributed by atoms with Crippen LogP contribution in [0.2, 0.25) is 0 Å². The van der Waals surface area contributed by atoms with Gasteiger partial charge in [0.05, 0.1) is 11.4 Å². The van der Waals surface area contributed by atoms with Crippen molar-refractivity contribution < 1.29 is 0 Å². The van der Waals surface area contributed by atoms with Gasteiger partial charge in [0.2, 0.25) is 0 Å². The summed E-state index contributed by atoms with van der Waals surface area (Å²) in [6.07, 6.45) is 6.20. The fourth-order valence-electron chi connectivity index (χ4n) is 3.32. The first-order valence-corrected chi connectivity index (χ1v) is 6.73. The third-order valence-corrected chi connectivity index (χ3v) is 4.13. The maximum Gasteiger partial charge on any atom is 0.0827 e. The average Bonchev–Trinajstić information content (AvgIpc) is 2.80. The topological polar surface area (TPSA) is 24.3 Å². The Balaban J connectivity index is 1.81. The summed E-state index contributed by atoms with van der Waals surface area (Å²) in [6.45, 7) is 7.07. The molecule has 0 aliphatic carbocycles. The molecule has 1 aromatic heterocycles. The Hall–Kier alpha value is -1.03. The minimum atomic E-state index is 0.775. The van der Waals surface area contributed by atoms with Crippen molar-refractivity contribution in [1.82, 2.24) is 14.7 Å². The van der Waals surface area contributed by atoms with Gasteiger partial charge in [-0.05, 0) is 32.7 Å². The minimum absolute atomic E-state index is 0.775. The summed E-state index contributed by atoms with van der Waals surface area (Å²) >= 11 is 0. The fourth-order valence-corrected chi connectivity index (χ4v) is 3.32. The van der Waals surface area contributed by atoms with Crippen molar-refractivity contribution in [3.05, 3.63) is 11.9 Å². The Morgan fingerprint density at radius 2 is 2.06 bits per heavy atom. The zero-order valence-corrected chi connectivity index (χ0v) is 10.9. The maximum absolute atomic E-state index is 4.46. The Morgan fingerprint density at radius 3 is 2.82 bits per heavy atom. The molecule has 1 atom stereocenters. The van der Waals surface area contributed by atoms with Crippen LogP contribution < -0.4 is 4.90 Å². The van der Waals surface area contributed by atoms with Gasteiger partial charge in [-0.1, -0.05) is 0 Å². The summed E-state index contributed by atoms with van der Waals surface area (Å²) in [5.74, 6) is 0. The molecule has 17 heavy (non-hydrogen) atoms. The highest BCUT2D eigenvalue weighted by molar-refractivity contribution is 5.49. The summed E-state index contributed by atoms with van der Waals surface area (Å²) in [6, 6.07) is 0.775. The van der Waals surface area contributed by atoms with E-state index in [1.807, 2.05) is 11.7 Å². The van der Waals surface area contributed by atoms with Crippen LogP contribution in [0.5, 0.6) is 0 Å². The summed E-state index contributed by atoms with van der Waals surface area (Å²) < 4.78 is 1.93. The molecule has 0 aromatic carbocycles. The van der Waals surface area contributed by atoms with Crippen LogP contribution in [-0.2, 0) is 7.05 Å². The van der Waals surface area contributed by atoms with Gasteiger partial charge in [0, 0.05) is 38.9 Å². The van der Waals surface area contributed by atoms with E-state index in [0.29, 0.717) is 0 Å². The van der Waals surface area contributed by atoms with E-state index in [2.05, 4.69) is 28.0 Å². The lowest BCUT2D eigenvalue weighted by molar-refractivity contribution is 0.273. The Kier molecular flexibility index (Phi) is 2.82. The van der Waals surface area contributed by atoms with Crippen molar-refractivity contribution in [3.63, 3.8) is 0 Å². The van der Waals surface area contributed by atoms with Gasteiger partial charge >= 0.3 is 0 Å². The minimum Gasteiger partial charge on any atom is -0.367 e. The molecular weight excluding hydrogens is 212 g/mol. The molecule has 3 rings (SSSR count). The van der Waals surface area contributed by atoms with Crippen molar-refractivity contribution in [2.75, 3.05) is 31.1 Å². The summed E-state index contributed by atoms with van der Waals surface area (Å²) in [7, 11) is 2.01. The van der Waals surface area contributed by atoms with Crippen LogP contribution in [0.4, 0.5) is 5.69 Å². The van der Waals surface area contributed by atoms with E-state index < -0.39 is 0 Å². The molecule has 4 heteroatoms. The molecule has 2 fully saturated rings. The van der Waals surface area contributed by atoms with Crippen molar-refractivity contribution in [3.8, 4) is 0 Å². The third kappa shape index (κ3) is 2.06. The number of aryl methyl sites for hydroxylation is 2. The summed E-state index contributed by atoms with van der Waals surface area (Å²) in [5.41, 5.74) is 2.50. The molecular formula is C13H22N4. The second-order valence-electron chi connectivity index (χ2n) is 5.41. The van der Waals surface area contributed by atoms with E-state index >= 15 is 0 Å². The van der Waals surface area contributed by atoms with Crippen LogP contribution in [0, 0.1) is 6.92 Å². The molecule has 1 unspecified atom stereocenters. The lowest BCUT2D eigenvalue weighted by atomic mass is 10.2. The van der Waals surface area contributed by atoms with E-state index in [1.54, 1.807) is 0 Å². The van der Waals surface area contributed by atoms with Crippen molar-refractivity contribution in [1.29, 1.82) is 0 Å². The van der Waals surface area contributed by atoms with Crippen LogP contribution in [0.1, 0.15) is 25.0 Å². The number of fused-ring (bicyclic) bond motifs is 1. The van der Waals surface area contributed by atoms with Crippen LogP contribution >= 0.6 is 0 Å². The van der Waals surface area contributed by atoms with Crippen molar-refractivity contribution in [2.45, 2.75) is 32.2 Å². The molecule has 4 nitrogen and oxygen atoms in total. The molecule has 2 aliphatic heterocycles. The molecule has 2 saturated heterocycles. The lowest BCUT2D eigenvalue weighted by Gasteiger charge is -2.26. The predicted molar refractivity (Wildman–Crippen MR) is 69.4 cm³/mol. The highest BCUT2D eigenvalue weighted by Gasteiger charge is 2.29. The Bertz CT molecular complexity index is 398. The zero-order chi connectivity index (χ0) is 11.8. The second kappa shape index (κ2) is 4.33. The van der Waals surface area contributed by atoms with Gasteiger partial charge in [0.25, 0.3) is 0 Å². The molecule has 0 spiro atoms. The van der Waals surface area contributed by atoms with Gasteiger partial charge in [-0.15, -0.1) is 0 Å². The summed E-state index contributed by atoms with van der Waals surface area (Å²) in [5, 5.41) is 4.46. The van der Waals surface area contributed by atoms with E-state index in [-0.39, 0.29) is 0 Å². The molecule has 1 aromatic rings. The first kappa shape index (κ1) is 11.1. The van der Waals surface area contributed by atoms with Crippen LogP contribution in [0.15, 0.2) is 6.20 Å². The van der Waals surface area contributed by atoms with Crippen LogP contribution in [0.25, 0.3) is 0 Å². The maximum atomic E-state index is 4.46. The first-order chi connectivity index (χ1) is 8.24. The number of hydrogen-bond donors (Lipinski definition) is 0. The van der Waals surface area contributed by atoms with Gasteiger partial charge in [-0.3, -0.25) is 9.58 Å². The smallest absolute Gasteiger partial charge is 0.0827 e. The Labute approximate surface area is 103 Å². The van der Waals surface area contributed by atoms with Crippen molar-refractivity contribution >= 4 is 5.69 Å². The standard InChI is InChI=1S/C13H22N4/c1-11-13(10-15(2)14-11)17-8-4-7-16-6-3-5-12(16)9-17/h10,12H,3-9H2,1-2H3. The molecule has 3 heterocycles. The quantitative estimate of drug-likeness (QED) is 0.734. The highest BCUT2D eigenvalue weighted by atomic mass is 15.3. The molecule has 2 aliphatic rings. The van der Waals surface area contributed by atoms with Crippen molar-refractivity contribution in [2.24, 2.45) is 7.05 Å². The second-order valence-corrected chi connectivity index (χ2v) is 5.41. The largest absolute Gasteiger partial charge is 0.367 e. The lowest BCUT2D eigenvalue weighted by Crippen LogP contribution is -2.36. The number of nitrogens with zero attached hydrogens (tertiary/aromatic N) is 4. The summed E-state index contributed by atoms with van der Waals surface area (Å²) in [4.78, 5) is 5.21. The zero-order valence-electron chi connectivity index (χ0n) is 10.9. The molecule has 94 valence electrons. The molecule has 0 radical (unpaired) electrons. The third-order valence-electron chi connectivity index (χ3n) is 4.13. The normalized spacial score (nSPS) is 26.0. The van der Waals surface area contributed by atoms with E-state index in [1.165, 1.54) is 56.8 Å². The van der Waals surface area contributed by atoms with E-state index in [9.17, 15) is 0 Å². The van der Waals surface area contributed by atoms with Gasteiger partial charge in [0.15, 0.2) is 0 Å². The number of hydrogen-bond acceptors (Lipinski definition) is 3. The Morgan fingerprint density at radius 1 is 1.24 bits per heavy atom. The number of rotatable bonds is 1. The van der Waals surface area contributed by atoms with Gasteiger partial charge in [-0.25, -0.2) is 0 Å². The monoisotopic (exact) mass is 234 g/mol. The number of anilines is 1. The molecule has 0 amide bonds. The fraction of sp³-hybridized carbons (Fsp3) is 0.769.